The van der Waals surface area contributed by atoms with Gasteiger partial charge < -0.3 is 4.57 Å². The fraction of sp³-hybridized carbons (Fsp3) is 0.100. The Morgan fingerprint density at radius 1 is 0.719 bits per heavy atom. The topological polar surface area (TPSA) is 17.8 Å². The maximum absolute atomic E-state index is 4.27. The van der Waals surface area contributed by atoms with E-state index in [1.54, 1.807) is 0 Å². The van der Waals surface area contributed by atoms with Gasteiger partial charge in [-0.3, -0.25) is 4.98 Å². The molecular formula is C30H22N2. The third-order valence-corrected chi connectivity index (χ3v) is 7.24. The van der Waals surface area contributed by atoms with Crippen molar-refractivity contribution < 1.29 is 0 Å². The average molecular weight is 411 g/mol. The van der Waals surface area contributed by atoms with Gasteiger partial charge in [0.1, 0.15) is 0 Å². The van der Waals surface area contributed by atoms with Gasteiger partial charge in [0.25, 0.3) is 0 Å². The summed E-state index contributed by atoms with van der Waals surface area (Å²) in [4.78, 5) is 4.27. The summed E-state index contributed by atoms with van der Waals surface area (Å²) in [5, 5.41) is 5.05. The number of hydrogen-bond acceptors (Lipinski definition) is 1. The molecule has 7 rings (SSSR count). The maximum atomic E-state index is 4.27. The molecule has 152 valence electrons. The molecule has 0 fully saturated rings. The van der Waals surface area contributed by atoms with Gasteiger partial charge in [-0.1, -0.05) is 68.4 Å². The highest BCUT2D eigenvalue weighted by atomic mass is 15.0. The zero-order valence-electron chi connectivity index (χ0n) is 18.1. The zero-order chi connectivity index (χ0) is 21.4. The lowest BCUT2D eigenvalue weighted by Gasteiger charge is -2.22. The van der Waals surface area contributed by atoms with Crippen molar-refractivity contribution in [3.05, 3.63) is 108 Å². The molecule has 0 saturated heterocycles. The Morgan fingerprint density at radius 3 is 2.50 bits per heavy atom. The van der Waals surface area contributed by atoms with Crippen LogP contribution in [0.25, 0.3) is 49.4 Å². The number of pyridine rings is 1. The van der Waals surface area contributed by atoms with Crippen molar-refractivity contribution in [2.24, 2.45) is 0 Å². The quantitative estimate of drug-likeness (QED) is 0.272. The lowest BCUT2D eigenvalue weighted by Crippen LogP contribution is -2.15. The average Bonchev–Trinajstić information content (AvgIpc) is 3.28. The minimum absolute atomic E-state index is 0.0462. The third-order valence-electron chi connectivity index (χ3n) is 7.24. The normalized spacial score (nSPS) is 14.2. The van der Waals surface area contributed by atoms with Gasteiger partial charge in [0.2, 0.25) is 0 Å². The first kappa shape index (κ1) is 17.7. The Bertz CT molecular complexity index is 1700. The summed E-state index contributed by atoms with van der Waals surface area (Å²) >= 11 is 0. The van der Waals surface area contributed by atoms with E-state index in [-0.39, 0.29) is 5.41 Å². The Hall–Kier alpha value is -3.91. The molecule has 0 aliphatic heterocycles. The first-order chi connectivity index (χ1) is 15.6. The maximum Gasteiger partial charge on any atom is 0.0544 e. The van der Waals surface area contributed by atoms with E-state index in [4.69, 9.17) is 0 Å². The monoisotopic (exact) mass is 410 g/mol. The first-order valence-electron chi connectivity index (χ1n) is 11.2. The lowest BCUT2D eigenvalue weighted by atomic mass is 9.80. The number of rotatable bonds is 1. The molecule has 0 saturated carbocycles. The van der Waals surface area contributed by atoms with Gasteiger partial charge in [0, 0.05) is 39.7 Å². The highest BCUT2D eigenvalue weighted by Gasteiger charge is 2.37. The van der Waals surface area contributed by atoms with Crippen LogP contribution in [0.2, 0.25) is 0 Å². The first-order valence-corrected chi connectivity index (χ1v) is 11.2. The Labute approximate surface area is 186 Å². The fourth-order valence-corrected chi connectivity index (χ4v) is 5.82. The molecule has 1 aliphatic carbocycles. The molecule has 0 bridgehead atoms. The molecule has 0 radical (unpaired) electrons. The third kappa shape index (κ3) is 2.17. The SMILES string of the molecule is CC1(C)c2ccccc2-c2ccc3c(c21)c1ccccc1n3-c1ccc2cnccc2c1. The van der Waals surface area contributed by atoms with E-state index in [1.807, 2.05) is 12.4 Å². The van der Waals surface area contributed by atoms with E-state index < -0.39 is 0 Å². The smallest absolute Gasteiger partial charge is 0.0544 e. The van der Waals surface area contributed by atoms with Gasteiger partial charge in [-0.05, 0) is 58.0 Å². The van der Waals surface area contributed by atoms with Gasteiger partial charge in [-0.25, -0.2) is 0 Å². The molecule has 0 N–H and O–H groups in total. The second kappa shape index (κ2) is 6.08. The number of para-hydroxylation sites is 1. The van der Waals surface area contributed by atoms with E-state index in [9.17, 15) is 0 Å². The van der Waals surface area contributed by atoms with Gasteiger partial charge >= 0.3 is 0 Å². The van der Waals surface area contributed by atoms with Crippen molar-refractivity contribution in [2.75, 3.05) is 0 Å². The molecule has 2 heterocycles. The van der Waals surface area contributed by atoms with Gasteiger partial charge in [0.05, 0.1) is 11.0 Å². The predicted octanol–water partition coefficient (Wildman–Crippen LogP) is 7.64. The second-order valence-electron chi connectivity index (χ2n) is 9.31. The predicted molar refractivity (Wildman–Crippen MR) is 134 cm³/mol. The van der Waals surface area contributed by atoms with Crippen LogP contribution in [0.1, 0.15) is 25.0 Å². The molecule has 1 aliphatic rings. The van der Waals surface area contributed by atoms with Crippen LogP contribution in [0.4, 0.5) is 0 Å². The summed E-state index contributed by atoms with van der Waals surface area (Å²) in [6, 6.07) is 31.1. The molecule has 0 amide bonds. The van der Waals surface area contributed by atoms with E-state index in [0.717, 1.165) is 5.39 Å². The van der Waals surface area contributed by atoms with E-state index >= 15 is 0 Å². The summed E-state index contributed by atoms with van der Waals surface area (Å²) in [6.45, 7) is 4.73. The van der Waals surface area contributed by atoms with Crippen LogP contribution in [-0.2, 0) is 5.41 Å². The van der Waals surface area contributed by atoms with E-state index in [0.29, 0.717) is 0 Å². The van der Waals surface area contributed by atoms with Crippen molar-refractivity contribution in [1.82, 2.24) is 9.55 Å². The highest BCUT2D eigenvalue weighted by molar-refractivity contribution is 6.14. The number of fused-ring (bicyclic) bond motifs is 8. The summed E-state index contributed by atoms with van der Waals surface area (Å²) in [5.41, 5.74) is 9.23. The molecule has 2 aromatic heterocycles. The number of aromatic nitrogens is 2. The van der Waals surface area contributed by atoms with E-state index in [2.05, 4.69) is 108 Å². The summed E-state index contributed by atoms with van der Waals surface area (Å²) in [5.74, 6) is 0. The minimum Gasteiger partial charge on any atom is -0.309 e. The van der Waals surface area contributed by atoms with Crippen LogP contribution in [-0.4, -0.2) is 9.55 Å². The van der Waals surface area contributed by atoms with Gasteiger partial charge in [-0.2, -0.15) is 0 Å². The van der Waals surface area contributed by atoms with Crippen molar-refractivity contribution >= 4 is 32.6 Å². The van der Waals surface area contributed by atoms with Gasteiger partial charge in [-0.15, -0.1) is 0 Å². The van der Waals surface area contributed by atoms with Crippen LogP contribution in [0.3, 0.4) is 0 Å². The Kier molecular flexibility index (Phi) is 3.37. The Morgan fingerprint density at radius 2 is 1.56 bits per heavy atom. The van der Waals surface area contributed by atoms with Crippen LogP contribution < -0.4 is 0 Å². The summed E-state index contributed by atoms with van der Waals surface area (Å²) in [7, 11) is 0. The van der Waals surface area contributed by atoms with Gasteiger partial charge in [0.15, 0.2) is 0 Å². The standard InChI is InChI=1S/C30H22N2/c1-30(2)25-9-5-3-7-22(25)23-13-14-27-28(29(23)30)24-8-4-6-10-26(24)32(27)21-12-11-20-18-31-16-15-19(20)17-21/h3-18H,1-2H3. The lowest BCUT2D eigenvalue weighted by molar-refractivity contribution is 0.666. The molecule has 0 atom stereocenters. The molecule has 0 unspecified atom stereocenters. The zero-order valence-corrected chi connectivity index (χ0v) is 18.1. The number of nitrogens with zero attached hydrogens (tertiary/aromatic N) is 2. The number of benzene rings is 4. The molecule has 4 aromatic carbocycles. The molecule has 2 heteroatoms. The fourth-order valence-electron chi connectivity index (χ4n) is 5.82. The second-order valence-corrected chi connectivity index (χ2v) is 9.31. The van der Waals surface area contributed by atoms with Crippen LogP contribution >= 0.6 is 0 Å². The van der Waals surface area contributed by atoms with Crippen LogP contribution in [0.5, 0.6) is 0 Å². The van der Waals surface area contributed by atoms with Crippen molar-refractivity contribution in [3.8, 4) is 16.8 Å². The summed E-state index contributed by atoms with van der Waals surface area (Å²) in [6.07, 6.45) is 3.79. The van der Waals surface area contributed by atoms with Crippen LogP contribution in [0, 0.1) is 0 Å². The van der Waals surface area contributed by atoms with E-state index in [1.165, 1.54) is 55.1 Å². The molecule has 2 nitrogen and oxygen atoms in total. The molecule has 0 spiro atoms. The Balaban J connectivity index is 1.64. The highest BCUT2D eigenvalue weighted by Crippen LogP contribution is 2.53. The number of hydrogen-bond donors (Lipinski definition) is 0. The molecule has 6 aromatic rings. The molecular weight excluding hydrogens is 388 g/mol. The summed E-state index contributed by atoms with van der Waals surface area (Å²) < 4.78 is 2.42. The minimum atomic E-state index is -0.0462. The molecule has 32 heavy (non-hydrogen) atoms. The van der Waals surface area contributed by atoms with Crippen molar-refractivity contribution in [1.29, 1.82) is 0 Å². The van der Waals surface area contributed by atoms with Crippen molar-refractivity contribution in [3.63, 3.8) is 0 Å². The van der Waals surface area contributed by atoms with Crippen LogP contribution in [0.15, 0.2) is 97.3 Å². The largest absolute Gasteiger partial charge is 0.309 e. The van der Waals surface area contributed by atoms with Crippen molar-refractivity contribution in [2.45, 2.75) is 19.3 Å².